The van der Waals surface area contributed by atoms with Crippen LogP contribution in [0.15, 0.2) is 30.9 Å². The van der Waals surface area contributed by atoms with E-state index in [1.807, 2.05) is 0 Å². The first-order chi connectivity index (χ1) is 8.10. The van der Waals surface area contributed by atoms with Crippen LogP contribution in [0.4, 0.5) is 5.69 Å². The third-order valence-electron chi connectivity index (χ3n) is 1.95. The summed E-state index contributed by atoms with van der Waals surface area (Å²) < 4.78 is 9.59. The van der Waals surface area contributed by atoms with Gasteiger partial charge in [-0.15, -0.1) is 0 Å². The molecule has 1 aromatic carbocycles. The maximum absolute atomic E-state index is 11.5. The van der Waals surface area contributed by atoms with Crippen molar-refractivity contribution in [2.75, 3.05) is 13.7 Å². The second-order valence-electron chi connectivity index (χ2n) is 3.03. The summed E-state index contributed by atoms with van der Waals surface area (Å²) in [5, 5.41) is 10.8. The van der Waals surface area contributed by atoms with Gasteiger partial charge in [0.25, 0.3) is 5.69 Å². The third kappa shape index (κ3) is 3.04. The summed E-state index contributed by atoms with van der Waals surface area (Å²) in [5.74, 6) is -0.462. The molecule has 0 aliphatic rings. The lowest BCUT2D eigenvalue weighted by Crippen LogP contribution is -2.08. The normalized spacial score (nSPS) is 9.47. The number of benzene rings is 1. The van der Waals surface area contributed by atoms with Crippen LogP contribution in [-0.4, -0.2) is 24.6 Å². The molecule has 0 bridgehead atoms. The Bertz CT molecular complexity index is 455. The van der Waals surface area contributed by atoms with Gasteiger partial charge < -0.3 is 9.47 Å². The summed E-state index contributed by atoms with van der Waals surface area (Å²) in [4.78, 5) is 21.6. The van der Waals surface area contributed by atoms with Gasteiger partial charge in [-0.05, 0) is 12.1 Å². The molecule has 1 aromatic rings. The topological polar surface area (TPSA) is 78.7 Å². The van der Waals surface area contributed by atoms with Crippen molar-refractivity contribution in [3.8, 4) is 5.75 Å². The fraction of sp³-hybridized carbons (Fsp3) is 0.182. The van der Waals surface area contributed by atoms with Crippen LogP contribution in [0, 0.1) is 10.1 Å². The quantitative estimate of drug-likeness (QED) is 0.338. The van der Waals surface area contributed by atoms with Crippen LogP contribution in [0.3, 0.4) is 0 Å². The summed E-state index contributed by atoms with van der Waals surface area (Å²) in [6.45, 7) is 3.38. The number of carbonyl (C=O) groups excluding carboxylic acids is 1. The number of carbonyl (C=O) groups is 1. The number of hydrogen-bond donors (Lipinski definition) is 0. The van der Waals surface area contributed by atoms with Gasteiger partial charge in [-0.2, -0.15) is 0 Å². The molecule has 6 heteroatoms. The molecule has 0 atom stereocenters. The zero-order chi connectivity index (χ0) is 12.8. The molecule has 0 unspecified atom stereocenters. The van der Waals surface area contributed by atoms with Crippen molar-refractivity contribution in [3.05, 3.63) is 46.5 Å². The van der Waals surface area contributed by atoms with Crippen molar-refractivity contribution < 1.29 is 19.2 Å². The Balaban J connectivity index is 3.09. The van der Waals surface area contributed by atoms with Gasteiger partial charge in [0.05, 0.1) is 18.1 Å². The predicted molar refractivity (Wildman–Crippen MR) is 60.1 cm³/mol. The van der Waals surface area contributed by atoms with E-state index >= 15 is 0 Å². The van der Waals surface area contributed by atoms with Crippen molar-refractivity contribution in [2.24, 2.45) is 0 Å². The average molecular weight is 237 g/mol. The molecule has 90 valence electrons. The number of esters is 1. The predicted octanol–water partition coefficient (Wildman–Crippen LogP) is 1.95. The second kappa shape index (κ2) is 5.64. The molecule has 0 N–H and O–H groups in total. The highest BCUT2D eigenvalue weighted by atomic mass is 16.6. The number of methoxy groups -OCH3 is 1. The zero-order valence-electron chi connectivity index (χ0n) is 9.21. The van der Waals surface area contributed by atoms with Gasteiger partial charge in [-0.3, -0.25) is 10.1 Å². The van der Waals surface area contributed by atoms with Gasteiger partial charge in [0.1, 0.15) is 17.9 Å². The van der Waals surface area contributed by atoms with Crippen molar-refractivity contribution >= 4 is 11.7 Å². The first kappa shape index (κ1) is 12.7. The highest BCUT2D eigenvalue weighted by Crippen LogP contribution is 2.25. The summed E-state index contributed by atoms with van der Waals surface area (Å²) in [7, 11) is 1.38. The zero-order valence-corrected chi connectivity index (χ0v) is 9.21. The van der Waals surface area contributed by atoms with E-state index in [0.717, 1.165) is 0 Å². The molecular formula is C11H11NO5. The van der Waals surface area contributed by atoms with E-state index in [9.17, 15) is 14.9 Å². The minimum atomic E-state index is -0.765. The Morgan fingerprint density at radius 3 is 2.82 bits per heavy atom. The SMILES string of the molecule is C=CCOC(=O)c1ccc(OC)cc1[N+](=O)[O-]. The number of nitrogens with zero attached hydrogens (tertiary/aromatic N) is 1. The molecule has 0 aliphatic heterocycles. The molecule has 0 heterocycles. The highest BCUT2D eigenvalue weighted by Gasteiger charge is 2.21. The molecule has 1 rings (SSSR count). The van der Waals surface area contributed by atoms with Crippen LogP contribution in [0.1, 0.15) is 10.4 Å². The smallest absolute Gasteiger partial charge is 0.345 e. The Labute approximate surface area is 97.6 Å². The molecule has 0 fully saturated rings. The number of rotatable bonds is 5. The summed E-state index contributed by atoms with van der Waals surface area (Å²) in [5.41, 5.74) is -0.462. The van der Waals surface area contributed by atoms with Gasteiger partial charge in [-0.1, -0.05) is 12.7 Å². The van der Waals surface area contributed by atoms with Crippen LogP contribution in [0.25, 0.3) is 0 Å². The molecule has 0 saturated heterocycles. The number of nitro benzene ring substituents is 1. The fourth-order valence-electron chi connectivity index (χ4n) is 1.17. The van der Waals surface area contributed by atoms with Gasteiger partial charge >= 0.3 is 5.97 Å². The Morgan fingerprint density at radius 1 is 1.59 bits per heavy atom. The fourth-order valence-corrected chi connectivity index (χ4v) is 1.17. The Hall–Kier alpha value is -2.37. The second-order valence-corrected chi connectivity index (χ2v) is 3.03. The molecule has 0 spiro atoms. The highest BCUT2D eigenvalue weighted by molar-refractivity contribution is 5.94. The van der Waals surface area contributed by atoms with Crippen molar-refractivity contribution in [1.29, 1.82) is 0 Å². The van der Waals surface area contributed by atoms with Crippen LogP contribution in [0.2, 0.25) is 0 Å². The largest absolute Gasteiger partial charge is 0.497 e. The molecule has 17 heavy (non-hydrogen) atoms. The van der Waals surface area contributed by atoms with E-state index in [2.05, 4.69) is 6.58 Å². The van der Waals surface area contributed by atoms with Crippen molar-refractivity contribution in [3.63, 3.8) is 0 Å². The Kier molecular flexibility index (Phi) is 4.21. The standard InChI is InChI=1S/C11H11NO5/c1-3-6-17-11(13)9-5-4-8(16-2)7-10(9)12(14)15/h3-5,7H,1,6H2,2H3. The minimum absolute atomic E-state index is 0.00200. The van der Waals surface area contributed by atoms with E-state index in [1.165, 1.54) is 31.4 Å². The van der Waals surface area contributed by atoms with Crippen molar-refractivity contribution in [1.82, 2.24) is 0 Å². The van der Waals surface area contributed by atoms with E-state index < -0.39 is 10.9 Å². The molecule has 0 aliphatic carbocycles. The molecule has 0 radical (unpaired) electrons. The Morgan fingerprint density at radius 2 is 2.29 bits per heavy atom. The van der Waals surface area contributed by atoms with Gasteiger partial charge in [0.2, 0.25) is 0 Å². The molecule has 0 aromatic heterocycles. The number of ether oxygens (including phenoxy) is 2. The van der Waals surface area contributed by atoms with E-state index in [1.54, 1.807) is 0 Å². The van der Waals surface area contributed by atoms with Gasteiger partial charge in [-0.25, -0.2) is 4.79 Å². The first-order valence-electron chi connectivity index (χ1n) is 4.70. The molecular weight excluding hydrogens is 226 g/mol. The molecule has 6 nitrogen and oxygen atoms in total. The van der Waals surface area contributed by atoms with Crippen LogP contribution in [-0.2, 0) is 4.74 Å². The lowest BCUT2D eigenvalue weighted by Gasteiger charge is -2.04. The van der Waals surface area contributed by atoms with Crippen LogP contribution < -0.4 is 4.74 Å². The summed E-state index contributed by atoms with van der Waals surface area (Å²) in [6, 6.07) is 3.92. The number of hydrogen-bond acceptors (Lipinski definition) is 5. The minimum Gasteiger partial charge on any atom is -0.497 e. The van der Waals surface area contributed by atoms with Gasteiger partial charge in [0, 0.05) is 0 Å². The lowest BCUT2D eigenvalue weighted by molar-refractivity contribution is -0.385. The number of nitro groups is 1. The monoisotopic (exact) mass is 237 g/mol. The summed E-state index contributed by atoms with van der Waals surface area (Å²) >= 11 is 0. The third-order valence-corrected chi connectivity index (χ3v) is 1.95. The lowest BCUT2D eigenvalue weighted by atomic mass is 10.1. The average Bonchev–Trinajstić information content (AvgIpc) is 2.35. The molecule has 0 amide bonds. The summed E-state index contributed by atoms with van der Waals surface area (Å²) in [6.07, 6.45) is 1.38. The van der Waals surface area contributed by atoms with E-state index in [0.29, 0.717) is 5.75 Å². The maximum Gasteiger partial charge on any atom is 0.345 e. The first-order valence-corrected chi connectivity index (χ1v) is 4.70. The van der Waals surface area contributed by atoms with Crippen molar-refractivity contribution in [2.45, 2.75) is 0 Å². The van der Waals surface area contributed by atoms with Crippen LogP contribution >= 0.6 is 0 Å². The van der Waals surface area contributed by atoms with Gasteiger partial charge in [0.15, 0.2) is 0 Å². The van der Waals surface area contributed by atoms with E-state index in [-0.39, 0.29) is 17.9 Å². The molecule has 0 saturated carbocycles. The van der Waals surface area contributed by atoms with Crippen LogP contribution in [0.5, 0.6) is 5.75 Å². The van der Waals surface area contributed by atoms with E-state index in [4.69, 9.17) is 9.47 Å². The maximum atomic E-state index is 11.5.